The Bertz CT molecular complexity index is 1830. The normalized spacial score (nSPS) is 22.3. The molecule has 4 rings (SSSR count). The molecule has 2 aliphatic carbocycles. The van der Waals surface area contributed by atoms with Crippen molar-refractivity contribution in [3.05, 3.63) is 105 Å². The Labute approximate surface area is 352 Å². The van der Waals surface area contributed by atoms with Crippen molar-refractivity contribution < 1.29 is 34.4 Å². The first kappa shape index (κ1) is 46.9. The maximum atomic E-state index is 13.3. The number of carbonyl (C=O) groups is 2. The van der Waals surface area contributed by atoms with E-state index < -0.39 is 47.2 Å². The number of aliphatic hydroxyl groups is 3. The number of nitrogens with two attached hydrogens (primary N) is 1. The van der Waals surface area contributed by atoms with Gasteiger partial charge in [-0.2, -0.15) is 0 Å². The topological polar surface area (TPSA) is 165 Å². The smallest absolute Gasteiger partial charge is 0.358 e. The fourth-order valence-corrected chi connectivity index (χ4v) is 7.78. The van der Waals surface area contributed by atoms with E-state index in [0.717, 1.165) is 17.8 Å². The molecule has 8 atom stereocenters. The number of aliphatic hydroxyl groups excluding tert-OH is 3. The Morgan fingerprint density at radius 2 is 1.29 bits per heavy atom. The van der Waals surface area contributed by atoms with Crippen molar-refractivity contribution in [3.8, 4) is 0 Å². The van der Waals surface area contributed by atoms with Crippen LogP contribution in [0.2, 0.25) is 0 Å². The van der Waals surface area contributed by atoms with E-state index in [-0.39, 0.29) is 18.0 Å². The molecule has 316 valence electrons. The summed E-state index contributed by atoms with van der Waals surface area (Å²) in [5, 5.41) is 36.0. The van der Waals surface area contributed by atoms with Crippen molar-refractivity contribution in [2.75, 3.05) is 13.2 Å². The van der Waals surface area contributed by atoms with Crippen LogP contribution < -0.4 is 5.73 Å². The largest absolute Gasteiger partial charge is 0.457 e. The lowest BCUT2D eigenvalue weighted by molar-refractivity contribution is -0.0461. The summed E-state index contributed by atoms with van der Waals surface area (Å²) >= 11 is 2.73. The Balaban J connectivity index is 1.33. The number of esters is 2. The average Bonchev–Trinajstić information content (AvgIpc) is 3.94. The highest BCUT2D eigenvalue weighted by molar-refractivity contribution is 7.11. The highest BCUT2D eigenvalue weighted by Gasteiger charge is 2.40. The van der Waals surface area contributed by atoms with Gasteiger partial charge in [0.05, 0.1) is 12.2 Å². The van der Waals surface area contributed by atoms with Gasteiger partial charge >= 0.3 is 11.9 Å². The molecule has 2 aliphatic rings. The van der Waals surface area contributed by atoms with Gasteiger partial charge in [-0.1, -0.05) is 108 Å². The van der Waals surface area contributed by atoms with Crippen LogP contribution in [0.1, 0.15) is 111 Å². The third-order valence-corrected chi connectivity index (χ3v) is 12.6. The van der Waals surface area contributed by atoms with Gasteiger partial charge in [0.15, 0.2) is 11.4 Å². The second-order valence-electron chi connectivity index (χ2n) is 16.4. The minimum Gasteiger partial charge on any atom is -0.457 e. The predicted octanol–water partition coefficient (Wildman–Crippen LogP) is 8.76. The number of carbonyl (C=O) groups excluding carboxylic acids is 2. The lowest BCUT2D eigenvalue weighted by atomic mass is 9.78. The molecule has 58 heavy (non-hydrogen) atoms. The van der Waals surface area contributed by atoms with Crippen molar-refractivity contribution in [2.24, 2.45) is 40.2 Å². The number of allylic oxidation sites excluding steroid dienone is 6. The monoisotopic (exact) mass is 833 g/mol. The highest BCUT2D eigenvalue weighted by atomic mass is 32.1. The highest BCUT2D eigenvalue weighted by Crippen LogP contribution is 2.42. The lowest BCUT2D eigenvalue weighted by Crippen LogP contribution is -2.42. The molecular formula is C46H63N3O7S2. The number of aromatic nitrogens is 2. The molecule has 0 bridgehead atoms. The number of hydrogen-bond acceptors (Lipinski definition) is 12. The van der Waals surface area contributed by atoms with E-state index in [1.807, 2.05) is 77.2 Å². The van der Waals surface area contributed by atoms with E-state index >= 15 is 0 Å². The van der Waals surface area contributed by atoms with Crippen molar-refractivity contribution >= 4 is 46.8 Å². The zero-order chi connectivity index (χ0) is 42.3. The Morgan fingerprint density at radius 1 is 0.793 bits per heavy atom. The zero-order valence-corrected chi connectivity index (χ0v) is 36.4. The maximum absolute atomic E-state index is 13.3. The van der Waals surface area contributed by atoms with Gasteiger partial charge in [0.25, 0.3) is 0 Å². The van der Waals surface area contributed by atoms with Gasteiger partial charge in [0.2, 0.25) is 0 Å². The predicted molar refractivity (Wildman–Crippen MR) is 235 cm³/mol. The van der Waals surface area contributed by atoms with Gasteiger partial charge in [-0.3, -0.25) is 0 Å². The van der Waals surface area contributed by atoms with Crippen molar-refractivity contribution in [1.29, 1.82) is 0 Å². The second-order valence-corrected chi connectivity index (χ2v) is 18.2. The fraction of sp³-hybridized carbons (Fsp3) is 0.522. The average molecular weight is 834 g/mol. The quantitative estimate of drug-likeness (QED) is 0.0457. The number of hydrogen-bond donors (Lipinski definition) is 4. The molecule has 0 radical (unpaired) electrons. The summed E-state index contributed by atoms with van der Waals surface area (Å²) in [5.74, 6) is 0.892. The molecule has 0 saturated heterocycles. The van der Waals surface area contributed by atoms with E-state index in [9.17, 15) is 19.8 Å². The Kier molecular flexibility index (Phi) is 18.2. The number of ether oxygens (including phenoxy) is 2. The molecule has 0 amide bonds. The SMILES string of the molecule is C/C=C\c1nc(C(=O)O[C@@H](C/C=C\[C@H]2C[C@H]2/C=C/C=C\c2nc(C(=O)O[C@@H](C/C=C\[C@H]3C[C@H]3C)C(C)(C)[C@@H](O)/C=C/CCO)cs2)C(C)(C)[C@@H](O)/C=C/CCN)cs1. The summed E-state index contributed by atoms with van der Waals surface area (Å²) in [7, 11) is 0. The Morgan fingerprint density at radius 3 is 1.79 bits per heavy atom. The van der Waals surface area contributed by atoms with Crippen LogP contribution in [-0.2, 0) is 9.47 Å². The first-order valence-electron chi connectivity index (χ1n) is 20.3. The first-order chi connectivity index (χ1) is 27.7. The van der Waals surface area contributed by atoms with E-state index in [1.165, 1.54) is 22.7 Å². The fourth-order valence-electron chi connectivity index (χ4n) is 6.34. The van der Waals surface area contributed by atoms with E-state index in [1.54, 1.807) is 29.0 Å². The number of nitrogens with zero attached hydrogens (tertiary/aromatic N) is 2. The first-order valence-corrected chi connectivity index (χ1v) is 22.1. The lowest BCUT2D eigenvalue weighted by Gasteiger charge is -2.36. The standard InChI is InChI=1S/C46H63N3O7S2/c1-7-16-41-48-35(29-57-41)43(53)56-40(45(3,4)37(51)20-10-12-25-47)23-15-19-34-28-33(34)17-8-9-24-42-49-36(30-58-42)44(54)55-39(22-14-18-32-27-31(32)2)46(5,6)38(52)21-11-13-26-50/h7-11,14-21,24,29-34,37-40,50-52H,12-13,22-23,25-28,47H2,1-6H3/b16-7-,17-8+,18-14-,19-15-,20-10+,21-11+,24-9-/t31-,32+,33-,34+,37+,38+,39+,40+/m1/s1. The third kappa shape index (κ3) is 14.2. The molecule has 5 N–H and O–H groups in total. The summed E-state index contributed by atoms with van der Waals surface area (Å²) in [5.41, 5.74) is 4.54. The molecule has 0 aromatic carbocycles. The van der Waals surface area contributed by atoms with Crippen LogP contribution in [0, 0.1) is 34.5 Å². The van der Waals surface area contributed by atoms with Crippen molar-refractivity contribution in [3.63, 3.8) is 0 Å². The van der Waals surface area contributed by atoms with Gasteiger partial charge in [0, 0.05) is 41.0 Å². The van der Waals surface area contributed by atoms with Crippen LogP contribution in [0.4, 0.5) is 0 Å². The van der Waals surface area contributed by atoms with Gasteiger partial charge in [-0.25, -0.2) is 19.6 Å². The maximum Gasteiger partial charge on any atom is 0.358 e. The van der Waals surface area contributed by atoms with Crippen LogP contribution in [-0.4, -0.2) is 74.8 Å². The minimum absolute atomic E-state index is 0.00391. The molecule has 2 heterocycles. The molecule has 12 heteroatoms. The Hall–Kier alpha value is -3.78. The summed E-state index contributed by atoms with van der Waals surface area (Å²) < 4.78 is 12.0. The summed E-state index contributed by atoms with van der Waals surface area (Å²) in [4.78, 5) is 35.3. The molecule has 0 spiro atoms. The third-order valence-electron chi connectivity index (χ3n) is 11.0. The van der Waals surface area contributed by atoms with Crippen LogP contribution in [0.5, 0.6) is 0 Å². The minimum atomic E-state index is -0.874. The molecule has 2 aromatic heterocycles. The van der Waals surface area contributed by atoms with E-state index in [4.69, 9.17) is 20.3 Å². The summed E-state index contributed by atoms with van der Waals surface area (Å²) in [6, 6.07) is 0. The molecular weight excluding hydrogens is 771 g/mol. The number of rotatable bonds is 24. The van der Waals surface area contributed by atoms with Crippen LogP contribution in [0.3, 0.4) is 0 Å². The van der Waals surface area contributed by atoms with Gasteiger partial charge in [-0.05, 0) is 75.0 Å². The molecule has 0 unspecified atom stereocenters. The number of thiazole rings is 2. The molecule has 10 nitrogen and oxygen atoms in total. The zero-order valence-electron chi connectivity index (χ0n) is 34.8. The van der Waals surface area contributed by atoms with Crippen LogP contribution in [0.15, 0.2) is 83.7 Å². The molecule has 2 saturated carbocycles. The van der Waals surface area contributed by atoms with E-state index in [2.05, 4.69) is 41.2 Å². The van der Waals surface area contributed by atoms with Crippen molar-refractivity contribution in [1.82, 2.24) is 9.97 Å². The second kappa shape index (κ2) is 22.6. The van der Waals surface area contributed by atoms with Crippen molar-refractivity contribution in [2.45, 2.75) is 104 Å². The van der Waals surface area contributed by atoms with Gasteiger partial charge in [-0.15, -0.1) is 22.7 Å². The van der Waals surface area contributed by atoms with Gasteiger partial charge < -0.3 is 30.5 Å². The summed E-state index contributed by atoms with van der Waals surface area (Å²) in [6.45, 7) is 12.1. The molecule has 2 aromatic rings. The van der Waals surface area contributed by atoms with E-state index in [0.29, 0.717) is 60.9 Å². The van der Waals surface area contributed by atoms with Crippen LogP contribution >= 0.6 is 22.7 Å². The summed E-state index contributed by atoms with van der Waals surface area (Å²) in [6.07, 6.45) is 28.2. The van der Waals surface area contributed by atoms with Crippen LogP contribution in [0.25, 0.3) is 12.2 Å². The molecule has 0 aliphatic heterocycles. The molecule has 2 fully saturated rings. The van der Waals surface area contributed by atoms with Gasteiger partial charge in [0.1, 0.15) is 22.2 Å².